The van der Waals surface area contributed by atoms with Crippen molar-refractivity contribution < 1.29 is 0 Å². The lowest BCUT2D eigenvalue weighted by atomic mass is 9.63. The summed E-state index contributed by atoms with van der Waals surface area (Å²) < 4.78 is 0. The van der Waals surface area contributed by atoms with E-state index in [1.807, 2.05) is 6.92 Å². The molecule has 0 aromatic heterocycles. The Hall–Kier alpha value is -1.15. The second-order valence-electron chi connectivity index (χ2n) is 7.18. The molecular formula is C21H29BS. The van der Waals surface area contributed by atoms with Gasteiger partial charge in [-0.3, -0.25) is 0 Å². The van der Waals surface area contributed by atoms with Gasteiger partial charge in [0.05, 0.1) is 0 Å². The molecule has 1 aliphatic rings. The highest BCUT2D eigenvalue weighted by atomic mass is 32.1. The van der Waals surface area contributed by atoms with Crippen LogP contribution >= 0.6 is 12.6 Å². The summed E-state index contributed by atoms with van der Waals surface area (Å²) >= 11 is 4.89. The summed E-state index contributed by atoms with van der Waals surface area (Å²) in [6, 6.07) is 0. The van der Waals surface area contributed by atoms with Crippen LogP contribution in [-0.2, 0) is 0 Å². The van der Waals surface area contributed by atoms with Crippen molar-refractivity contribution in [2.75, 3.05) is 0 Å². The fourth-order valence-electron chi connectivity index (χ4n) is 2.82. The van der Waals surface area contributed by atoms with Crippen molar-refractivity contribution in [3.8, 4) is 0 Å². The van der Waals surface area contributed by atoms with Gasteiger partial charge in [-0.05, 0) is 69.1 Å². The maximum atomic E-state index is 6.47. The molecule has 0 aliphatic heterocycles. The van der Waals surface area contributed by atoms with E-state index < -0.39 is 0 Å². The number of hydrogen-bond acceptors (Lipinski definition) is 1. The van der Waals surface area contributed by atoms with Crippen LogP contribution in [-0.4, -0.2) is 7.85 Å². The van der Waals surface area contributed by atoms with Gasteiger partial charge in [0, 0.05) is 5.41 Å². The van der Waals surface area contributed by atoms with E-state index in [4.69, 9.17) is 20.5 Å². The van der Waals surface area contributed by atoms with E-state index in [9.17, 15) is 0 Å². The smallest absolute Gasteiger partial charge is 0.115 e. The molecular weight excluding hydrogens is 295 g/mol. The lowest BCUT2D eigenvalue weighted by molar-refractivity contribution is 0.511. The lowest BCUT2D eigenvalue weighted by Crippen LogP contribution is -2.27. The standard InChI is InChI=1S/C21H29BS/c1-13(2)9-10-17-19(22)18(15(5)6)16(7)21(8,20(17)23)12-11-14(3)4/h9,11,23H,5,7,10,12H2,1-4,6,8H3. The summed E-state index contributed by atoms with van der Waals surface area (Å²) in [7, 11) is 6.47. The van der Waals surface area contributed by atoms with Crippen molar-refractivity contribution in [3.05, 3.63) is 69.1 Å². The molecule has 0 N–H and O–H groups in total. The van der Waals surface area contributed by atoms with Crippen LogP contribution in [0.15, 0.2) is 69.1 Å². The molecule has 0 spiro atoms. The Morgan fingerprint density at radius 1 is 1.13 bits per heavy atom. The molecule has 1 atom stereocenters. The van der Waals surface area contributed by atoms with E-state index in [2.05, 4.69) is 59.9 Å². The molecule has 2 radical (unpaired) electrons. The molecule has 0 saturated heterocycles. The third-order valence-corrected chi connectivity index (χ3v) is 5.19. The highest BCUT2D eigenvalue weighted by Crippen LogP contribution is 2.52. The largest absolute Gasteiger partial charge is 0.147 e. The predicted octanol–water partition coefficient (Wildman–Crippen LogP) is 6.46. The minimum absolute atomic E-state index is 0.234. The van der Waals surface area contributed by atoms with Crippen LogP contribution in [0.2, 0.25) is 0 Å². The van der Waals surface area contributed by atoms with E-state index >= 15 is 0 Å². The van der Waals surface area contributed by atoms with Crippen LogP contribution in [0, 0.1) is 5.41 Å². The van der Waals surface area contributed by atoms with Gasteiger partial charge in [0.2, 0.25) is 0 Å². The molecule has 23 heavy (non-hydrogen) atoms. The molecule has 0 aromatic rings. The van der Waals surface area contributed by atoms with Crippen LogP contribution < -0.4 is 0 Å². The molecule has 0 bridgehead atoms. The van der Waals surface area contributed by atoms with Crippen LogP contribution in [0.5, 0.6) is 0 Å². The maximum absolute atomic E-state index is 6.47. The molecule has 2 heteroatoms. The zero-order chi connectivity index (χ0) is 17.9. The second kappa shape index (κ2) is 7.62. The van der Waals surface area contributed by atoms with E-state index in [1.54, 1.807) is 0 Å². The fraction of sp³-hybridized carbons (Fsp3) is 0.429. The normalized spacial score (nSPS) is 21.4. The quantitative estimate of drug-likeness (QED) is 0.335. The van der Waals surface area contributed by atoms with Crippen molar-refractivity contribution >= 4 is 20.5 Å². The van der Waals surface area contributed by atoms with E-state index in [0.29, 0.717) is 0 Å². The highest BCUT2D eigenvalue weighted by molar-refractivity contribution is 7.84. The third kappa shape index (κ3) is 4.23. The van der Waals surface area contributed by atoms with Gasteiger partial charge in [0.1, 0.15) is 7.85 Å². The van der Waals surface area contributed by atoms with Gasteiger partial charge in [0.15, 0.2) is 0 Å². The van der Waals surface area contributed by atoms with Gasteiger partial charge in [-0.1, -0.05) is 54.4 Å². The molecule has 0 heterocycles. The summed E-state index contributed by atoms with van der Waals surface area (Å²) in [4.78, 5) is 1.03. The minimum atomic E-state index is -0.234. The Morgan fingerprint density at radius 2 is 1.65 bits per heavy atom. The average Bonchev–Trinajstić information content (AvgIpc) is 2.42. The molecule has 0 nitrogen and oxygen atoms in total. The number of hydrogen-bond donors (Lipinski definition) is 1. The number of allylic oxidation sites excluding steroid dienone is 10. The average molecular weight is 324 g/mol. The molecule has 0 aromatic carbocycles. The summed E-state index contributed by atoms with van der Waals surface area (Å²) in [6.45, 7) is 21.1. The first-order chi connectivity index (χ1) is 10.5. The van der Waals surface area contributed by atoms with Gasteiger partial charge in [0.25, 0.3) is 0 Å². The second-order valence-corrected chi connectivity index (χ2v) is 7.63. The zero-order valence-corrected chi connectivity index (χ0v) is 16.4. The Labute approximate surface area is 149 Å². The Balaban J connectivity index is 3.55. The van der Waals surface area contributed by atoms with Gasteiger partial charge in [-0.2, -0.15) is 0 Å². The SMILES string of the molecule is [B]C1=C(C(=C)C)C(=C)C(C)(CC=C(C)C)C(S)=C1CC=C(C)C. The van der Waals surface area contributed by atoms with Gasteiger partial charge < -0.3 is 0 Å². The molecule has 0 saturated carbocycles. The molecule has 122 valence electrons. The number of rotatable bonds is 5. The predicted molar refractivity (Wildman–Crippen MR) is 109 cm³/mol. The van der Waals surface area contributed by atoms with Crippen LogP contribution in [0.1, 0.15) is 54.4 Å². The van der Waals surface area contributed by atoms with Crippen LogP contribution in [0.25, 0.3) is 0 Å². The first-order valence-electron chi connectivity index (χ1n) is 8.07. The first-order valence-corrected chi connectivity index (χ1v) is 8.52. The van der Waals surface area contributed by atoms with Crippen LogP contribution in [0.4, 0.5) is 0 Å². The van der Waals surface area contributed by atoms with Crippen LogP contribution in [0.3, 0.4) is 0 Å². The minimum Gasteiger partial charge on any atom is -0.147 e. The first kappa shape index (κ1) is 19.9. The summed E-state index contributed by atoms with van der Waals surface area (Å²) in [5.74, 6) is 0. The van der Waals surface area contributed by atoms with E-state index in [1.165, 1.54) is 11.1 Å². The molecule has 1 aliphatic carbocycles. The lowest BCUT2D eigenvalue weighted by Gasteiger charge is -2.40. The topological polar surface area (TPSA) is 0 Å². The summed E-state index contributed by atoms with van der Waals surface area (Å²) in [6.07, 6.45) is 6.11. The van der Waals surface area contributed by atoms with Gasteiger partial charge in [-0.25, -0.2) is 0 Å². The monoisotopic (exact) mass is 324 g/mol. The van der Waals surface area contributed by atoms with E-state index in [0.717, 1.165) is 45.5 Å². The van der Waals surface area contributed by atoms with Crippen molar-refractivity contribution in [2.45, 2.75) is 54.4 Å². The number of thiol groups is 1. The van der Waals surface area contributed by atoms with Crippen molar-refractivity contribution in [1.82, 2.24) is 0 Å². The zero-order valence-electron chi connectivity index (χ0n) is 15.5. The molecule has 0 amide bonds. The van der Waals surface area contributed by atoms with Gasteiger partial charge >= 0.3 is 0 Å². The Bertz CT molecular complexity index is 647. The molecule has 1 unspecified atom stereocenters. The Kier molecular flexibility index (Phi) is 6.59. The summed E-state index contributed by atoms with van der Waals surface area (Å²) in [5, 5.41) is 0. The van der Waals surface area contributed by atoms with E-state index in [-0.39, 0.29) is 5.41 Å². The fourth-order valence-corrected chi connectivity index (χ4v) is 3.26. The Morgan fingerprint density at radius 3 is 2.09 bits per heavy atom. The van der Waals surface area contributed by atoms with Crippen molar-refractivity contribution in [1.29, 1.82) is 0 Å². The highest BCUT2D eigenvalue weighted by Gasteiger charge is 2.37. The van der Waals surface area contributed by atoms with Gasteiger partial charge in [-0.15, -0.1) is 12.6 Å². The third-order valence-electron chi connectivity index (χ3n) is 4.43. The summed E-state index contributed by atoms with van der Waals surface area (Å²) in [5.41, 5.74) is 7.21. The molecule has 0 fully saturated rings. The van der Waals surface area contributed by atoms with Crippen molar-refractivity contribution in [3.63, 3.8) is 0 Å². The van der Waals surface area contributed by atoms with Crippen molar-refractivity contribution in [2.24, 2.45) is 5.41 Å². The molecule has 1 rings (SSSR count). The maximum Gasteiger partial charge on any atom is 0.115 e.